The molecule has 7 heteroatoms. The van der Waals surface area contributed by atoms with E-state index in [1.807, 2.05) is 24.3 Å². The van der Waals surface area contributed by atoms with Crippen LogP contribution in [0.2, 0.25) is 0 Å². The number of rotatable bonds is 6. The third-order valence-electron chi connectivity index (χ3n) is 3.45. The first-order valence-electron chi connectivity index (χ1n) is 6.83. The van der Waals surface area contributed by atoms with Crippen LogP contribution in [0.4, 0.5) is 5.69 Å². The zero-order chi connectivity index (χ0) is 16.4. The van der Waals surface area contributed by atoms with E-state index in [0.29, 0.717) is 22.9 Å². The van der Waals surface area contributed by atoms with Crippen molar-refractivity contribution >= 4 is 21.6 Å². The first-order valence-corrected chi connectivity index (χ1v) is 7.62. The highest BCUT2D eigenvalue weighted by Gasteiger charge is 2.51. The lowest BCUT2D eigenvalue weighted by Crippen LogP contribution is -2.20. The Bertz CT molecular complexity index is 675. The molecule has 0 amide bonds. The molecule has 0 spiro atoms. The first-order chi connectivity index (χ1) is 11.1. The SMILES string of the molecule is COc1cc(NC2(c3ccc(Br)cc3)OO2)cc(OC)c1OC. The molecule has 1 saturated heterocycles. The summed E-state index contributed by atoms with van der Waals surface area (Å²) < 4.78 is 17.0. The molecule has 1 fully saturated rings. The van der Waals surface area contributed by atoms with Crippen LogP contribution in [0.25, 0.3) is 0 Å². The predicted molar refractivity (Wildman–Crippen MR) is 87.7 cm³/mol. The highest BCUT2D eigenvalue weighted by Crippen LogP contribution is 2.45. The number of anilines is 1. The van der Waals surface area contributed by atoms with Crippen molar-refractivity contribution in [3.63, 3.8) is 0 Å². The van der Waals surface area contributed by atoms with Gasteiger partial charge in [0.15, 0.2) is 11.5 Å². The summed E-state index contributed by atoms with van der Waals surface area (Å²) in [6.07, 6.45) is 0. The summed E-state index contributed by atoms with van der Waals surface area (Å²) in [5.41, 5.74) is 1.55. The number of hydrogen-bond donors (Lipinski definition) is 1. The highest BCUT2D eigenvalue weighted by molar-refractivity contribution is 9.10. The van der Waals surface area contributed by atoms with Crippen molar-refractivity contribution in [1.29, 1.82) is 0 Å². The second-order valence-corrected chi connectivity index (χ2v) is 5.74. The van der Waals surface area contributed by atoms with E-state index in [9.17, 15) is 0 Å². The number of benzene rings is 2. The Balaban J connectivity index is 1.92. The minimum absolute atomic E-state index is 0.524. The van der Waals surface area contributed by atoms with Gasteiger partial charge < -0.3 is 19.5 Å². The molecule has 0 bridgehead atoms. The van der Waals surface area contributed by atoms with Gasteiger partial charge in [0.25, 0.3) is 0 Å². The van der Waals surface area contributed by atoms with Gasteiger partial charge in [-0.25, -0.2) is 0 Å². The van der Waals surface area contributed by atoms with Crippen molar-refractivity contribution in [2.24, 2.45) is 0 Å². The molecule has 3 rings (SSSR count). The van der Waals surface area contributed by atoms with Crippen LogP contribution >= 0.6 is 15.9 Å². The normalized spacial score (nSPS) is 15.0. The lowest BCUT2D eigenvalue weighted by molar-refractivity contribution is 0.0850. The summed E-state index contributed by atoms with van der Waals surface area (Å²) in [5, 5.41) is 3.19. The van der Waals surface area contributed by atoms with E-state index < -0.39 is 5.91 Å². The summed E-state index contributed by atoms with van der Waals surface area (Å²) in [6, 6.07) is 11.2. The van der Waals surface area contributed by atoms with Crippen LogP contribution in [-0.2, 0) is 15.7 Å². The van der Waals surface area contributed by atoms with Gasteiger partial charge in [0, 0.05) is 27.9 Å². The molecule has 0 unspecified atom stereocenters. The molecule has 0 aliphatic carbocycles. The van der Waals surface area contributed by atoms with Crippen LogP contribution in [0.15, 0.2) is 40.9 Å². The van der Waals surface area contributed by atoms with Gasteiger partial charge in [-0.05, 0) is 12.1 Å². The Labute approximate surface area is 142 Å². The fraction of sp³-hybridized carbons (Fsp3) is 0.250. The number of ether oxygens (including phenoxy) is 3. The summed E-state index contributed by atoms with van der Waals surface area (Å²) >= 11 is 3.40. The highest BCUT2D eigenvalue weighted by atomic mass is 79.9. The fourth-order valence-corrected chi connectivity index (χ4v) is 2.53. The van der Waals surface area contributed by atoms with Gasteiger partial charge >= 0.3 is 5.91 Å². The fourth-order valence-electron chi connectivity index (χ4n) is 2.26. The van der Waals surface area contributed by atoms with Gasteiger partial charge in [-0.15, -0.1) is 0 Å². The van der Waals surface area contributed by atoms with Gasteiger partial charge in [-0.3, -0.25) is 0 Å². The van der Waals surface area contributed by atoms with Crippen molar-refractivity contribution < 1.29 is 24.0 Å². The van der Waals surface area contributed by atoms with Crippen LogP contribution in [-0.4, -0.2) is 21.3 Å². The predicted octanol–water partition coefficient (Wildman–Crippen LogP) is 3.66. The van der Waals surface area contributed by atoms with Crippen LogP contribution in [0.1, 0.15) is 5.56 Å². The first kappa shape index (κ1) is 15.9. The maximum atomic E-state index is 5.34. The van der Waals surface area contributed by atoms with Gasteiger partial charge in [-0.2, -0.15) is 9.78 Å². The summed E-state index contributed by atoms with van der Waals surface area (Å²) in [5.74, 6) is 0.600. The van der Waals surface area contributed by atoms with Crippen LogP contribution in [0.3, 0.4) is 0 Å². The number of halogens is 1. The minimum Gasteiger partial charge on any atom is -0.493 e. The van der Waals surface area contributed by atoms with Gasteiger partial charge in [0.1, 0.15) is 0 Å². The Kier molecular flexibility index (Phi) is 4.34. The molecule has 1 aliphatic rings. The standard InChI is InChI=1S/C16H16BrNO5/c1-19-13-8-12(9-14(20-2)15(13)21-3)18-16(22-23-16)10-4-6-11(17)7-5-10/h4-9,18H,1-3H3. The van der Waals surface area contributed by atoms with E-state index in [1.165, 1.54) is 0 Å². The van der Waals surface area contributed by atoms with E-state index in [2.05, 4.69) is 21.2 Å². The number of nitrogens with one attached hydrogen (secondary N) is 1. The van der Waals surface area contributed by atoms with Gasteiger partial charge in [0.2, 0.25) is 5.75 Å². The minimum atomic E-state index is -1.01. The molecule has 6 nitrogen and oxygen atoms in total. The molecule has 0 atom stereocenters. The summed E-state index contributed by atoms with van der Waals surface area (Å²) in [7, 11) is 4.69. The lowest BCUT2D eigenvalue weighted by atomic mass is 10.1. The third-order valence-corrected chi connectivity index (χ3v) is 3.98. The molecule has 2 aromatic rings. The van der Waals surface area contributed by atoms with Crippen LogP contribution in [0.5, 0.6) is 17.2 Å². The molecular formula is C16H16BrNO5. The van der Waals surface area contributed by atoms with Gasteiger partial charge in [0.05, 0.1) is 21.3 Å². The Morgan fingerprint density at radius 1 is 0.913 bits per heavy atom. The zero-order valence-corrected chi connectivity index (χ0v) is 14.5. The van der Waals surface area contributed by atoms with E-state index >= 15 is 0 Å². The zero-order valence-electron chi connectivity index (χ0n) is 12.9. The molecule has 0 saturated carbocycles. The van der Waals surface area contributed by atoms with Crippen molar-refractivity contribution in [3.8, 4) is 17.2 Å². The quantitative estimate of drug-likeness (QED) is 0.608. The van der Waals surface area contributed by atoms with Crippen LogP contribution < -0.4 is 19.5 Å². The summed E-state index contributed by atoms with van der Waals surface area (Å²) in [6.45, 7) is 0. The van der Waals surface area contributed by atoms with E-state index in [-0.39, 0.29) is 0 Å². The molecule has 1 aliphatic heterocycles. The topological polar surface area (TPSA) is 64.8 Å². The Morgan fingerprint density at radius 3 is 1.91 bits per heavy atom. The van der Waals surface area contributed by atoms with Crippen molar-refractivity contribution in [2.45, 2.75) is 5.91 Å². The largest absolute Gasteiger partial charge is 0.493 e. The maximum absolute atomic E-state index is 5.34. The van der Waals surface area contributed by atoms with E-state index in [4.69, 9.17) is 24.0 Å². The number of methoxy groups -OCH3 is 3. The van der Waals surface area contributed by atoms with Crippen LogP contribution in [0, 0.1) is 0 Å². The molecular weight excluding hydrogens is 366 g/mol. The molecule has 0 radical (unpaired) electrons. The van der Waals surface area contributed by atoms with Crippen molar-refractivity contribution in [3.05, 3.63) is 46.4 Å². The van der Waals surface area contributed by atoms with Crippen molar-refractivity contribution in [2.75, 3.05) is 26.6 Å². The second kappa shape index (κ2) is 6.27. The summed E-state index contributed by atoms with van der Waals surface area (Å²) in [4.78, 5) is 10.4. The van der Waals surface area contributed by atoms with Crippen molar-refractivity contribution in [1.82, 2.24) is 0 Å². The smallest absolute Gasteiger partial charge is 0.335 e. The van der Waals surface area contributed by atoms with E-state index in [1.54, 1.807) is 33.5 Å². The van der Waals surface area contributed by atoms with E-state index in [0.717, 1.165) is 10.0 Å². The lowest BCUT2D eigenvalue weighted by Gasteiger charge is -2.16. The average molecular weight is 382 g/mol. The molecule has 122 valence electrons. The average Bonchev–Trinajstić information content (AvgIpc) is 3.35. The molecule has 23 heavy (non-hydrogen) atoms. The Morgan fingerprint density at radius 2 is 1.48 bits per heavy atom. The maximum Gasteiger partial charge on any atom is 0.335 e. The molecule has 2 aromatic carbocycles. The second-order valence-electron chi connectivity index (χ2n) is 4.83. The van der Waals surface area contributed by atoms with Gasteiger partial charge in [-0.1, -0.05) is 28.1 Å². The monoisotopic (exact) mass is 381 g/mol. The molecule has 1 N–H and O–H groups in total. The Hall–Kier alpha value is -1.96. The third kappa shape index (κ3) is 3.08. The molecule has 0 aromatic heterocycles. The number of hydrogen-bond acceptors (Lipinski definition) is 6. The molecule has 1 heterocycles.